The number of amides is 2. The smallest absolute Gasteiger partial charge is 0.304 e. The van der Waals surface area contributed by atoms with Gasteiger partial charge in [-0.3, -0.25) is 9.59 Å². The van der Waals surface area contributed by atoms with Crippen molar-refractivity contribution < 1.29 is 18.0 Å². The molecule has 2 amide bonds. The lowest BCUT2D eigenvalue weighted by Crippen LogP contribution is -2.55. The molecular formula is C31H39ClN4O4S. The Balaban J connectivity index is 2.14. The molecule has 3 rings (SSSR count). The van der Waals surface area contributed by atoms with Crippen molar-refractivity contribution in [3.8, 4) is 0 Å². The van der Waals surface area contributed by atoms with Gasteiger partial charge in [0.05, 0.1) is 5.69 Å². The predicted octanol–water partition coefficient (Wildman–Crippen LogP) is 4.73. The lowest BCUT2D eigenvalue weighted by molar-refractivity contribution is -0.140. The van der Waals surface area contributed by atoms with E-state index >= 15 is 0 Å². The first kappa shape index (κ1) is 32.1. The molecule has 3 aromatic rings. The summed E-state index contributed by atoms with van der Waals surface area (Å²) in [6, 6.07) is 20.9. The van der Waals surface area contributed by atoms with Crippen LogP contribution in [0.15, 0.2) is 72.8 Å². The highest BCUT2D eigenvalue weighted by atomic mass is 35.5. The average molecular weight is 599 g/mol. The van der Waals surface area contributed by atoms with E-state index in [1.807, 2.05) is 69.3 Å². The van der Waals surface area contributed by atoms with E-state index in [0.29, 0.717) is 21.8 Å². The summed E-state index contributed by atoms with van der Waals surface area (Å²) >= 11 is 6.50. The molecule has 1 N–H and O–H groups in total. The number of benzene rings is 3. The summed E-state index contributed by atoms with van der Waals surface area (Å²) in [5, 5.41) is 3.39. The summed E-state index contributed by atoms with van der Waals surface area (Å²) in [7, 11) is -1.22. The Labute approximate surface area is 249 Å². The summed E-state index contributed by atoms with van der Waals surface area (Å²) in [6.07, 6.45) is 0.236. The maximum Gasteiger partial charge on any atom is 0.304 e. The van der Waals surface area contributed by atoms with Crippen LogP contribution in [0, 0.1) is 13.8 Å². The van der Waals surface area contributed by atoms with Crippen molar-refractivity contribution in [2.75, 3.05) is 24.9 Å². The van der Waals surface area contributed by atoms with Crippen LogP contribution in [0.3, 0.4) is 0 Å². The third kappa shape index (κ3) is 8.31. The number of aryl methyl sites for hydroxylation is 2. The van der Waals surface area contributed by atoms with Gasteiger partial charge in [-0.05, 0) is 62.1 Å². The molecule has 0 spiro atoms. The van der Waals surface area contributed by atoms with Gasteiger partial charge < -0.3 is 10.2 Å². The molecule has 0 aliphatic rings. The van der Waals surface area contributed by atoms with Crippen LogP contribution >= 0.6 is 11.6 Å². The van der Waals surface area contributed by atoms with Gasteiger partial charge in [0.15, 0.2) is 0 Å². The van der Waals surface area contributed by atoms with Crippen LogP contribution in [0.5, 0.6) is 0 Å². The van der Waals surface area contributed by atoms with Crippen LogP contribution in [-0.4, -0.2) is 62.2 Å². The topological polar surface area (TPSA) is 90.0 Å². The number of carbonyl (C=O) groups is 2. The average Bonchev–Trinajstić information content (AvgIpc) is 2.91. The third-order valence-corrected chi connectivity index (χ3v) is 8.83. The molecule has 3 aromatic carbocycles. The minimum absolute atomic E-state index is 0.0180. The Bertz CT molecular complexity index is 1460. The second-order valence-electron chi connectivity index (χ2n) is 10.6. The fraction of sp³-hybridized carbons (Fsp3) is 0.355. The number of rotatable bonds is 12. The number of halogens is 1. The van der Waals surface area contributed by atoms with Crippen molar-refractivity contribution in [3.05, 3.63) is 100 Å². The van der Waals surface area contributed by atoms with Gasteiger partial charge in [0.25, 0.3) is 0 Å². The maximum atomic E-state index is 14.3. The second-order valence-corrected chi connectivity index (χ2v) is 13.0. The number of anilines is 1. The monoisotopic (exact) mass is 598 g/mol. The molecule has 0 bridgehead atoms. The molecule has 41 heavy (non-hydrogen) atoms. The minimum atomic E-state index is -4.07. The first-order valence-electron chi connectivity index (χ1n) is 13.5. The van der Waals surface area contributed by atoms with Crippen LogP contribution in [0.25, 0.3) is 0 Å². The fourth-order valence-electron chi connectivity index (χ4n) is 4.43. The van der Waals surface area contributed by atoms with E-state index in [1.54, 1.807) is 31.2 Å². The van der Waals surface area contributed by atoms with Gasteiger partial charge in [0.1, 0.15) is 12.6 Å². The quantitative estimate of drug-likeness (QED) is 0.326. The van der Waals surface area contributed by atoms with Crippen LogP contribution in [-0.2, 0) is 32.8 Å². The van der Waals surface area contributed by atoms with E-state index in [0.717, 1.165) is 19.7 Å². The van der Waals surface area contributed by atoms with Gasteiger partial charge in [-0.1, -0.05) is 72.3 Å². The molecule has 220 valence electrons. The molecule has 0 saturated heterocycles. The molecule has 0 heterocycles. The van der Waals surface area contributed by atoms with Crippen molar-refractivity contribution >= 4 is 39.3 Å². The second kappa shape index (κ2) is 14.0. The zero-order valence-corrected chi connectivity index (χ0v) is 26.0. The van der Waals surface area contributed by atoms with E-state index < -0.39 is 28.7 Å². The van der Waals surface area contributed by atoms with E-state index in [2.05, 4.69) is 5.32 Å². The SMILES string of the molecule is Cc1ccc(C)c(N(CC(=O)N(Cc2ccccc2Cl)[C@@H](Cc2ccccc2)C(=O)NC(C)C)S(=O)(=O)N(C)C)c1. The summed E-state index contributed by atoms with van der Waals surface area (Å²) < 4.78 is 29.4. The number of nitrogens with one attached hydrogen (secondary N) is 1. The van der Waals surface area contributed by atoms with Gasteiger partial charge in [-0.15, -0.1) is 0 Å². The van der Waals surface area contributed by atoms with Gasteiger partial charge in [-0.25, -0.2) is 4.31 Å². The highest BCUT2D eigenvalue weighted by Crippen LogP contribution is 2.27. The highest BCUT2D eigenvalue weighted by Gasteiger charge is 2.35. The first-order chi connectivity index (χ1) is 19.3. The summed E-state index contributed by atoms with van der Waals surface area (Å²) in [4.78, 5) is 29.4. The number of nitrogens with zero attached hydrogens (tertiary/aromatic N) is 3. The minimum Gasteiger partial charge on any atom is -0.352 e. The molecule has 0 aliphatic carbocycles. The predicted molar refractivity (Wildman–Crippen MR) is 165 cm³/mol. The zero-order valence-electron chi connectivity index (χ0n) is 24.5. The van der Waals surface area contributed by atoms with Gasteiger partial charge in [0.2, 0.25) is 11.8 Å². The first-order valence-corrected chi connectivity index (χ1v) is 15.2. The van der Waals surface area contributed by atoms with Crippen molar-refractivity contribution in [2.24, 2.45) is 0 Å². The van der Waals surface area contributed by atoms with E-state index in [1.165, 1.54) is 19.0 Å². The number of hydrogen-bond acceptors (Lipinski definition) is 4. The van der Waals surface area contributed by atoms with Crippen molar-refractivity contribution in [2.45, 2.75) is 52.7 Å². The molecule has 8 nitrogen and oxygen atoms in total. The standard InChI is InChI=1S/C31H39ClN4O4S/c1-22(2)33-31(38)29(19-25-12-8-7-9-13-25)35(20-26-14-10-11-15-27(26)32)30(37)21-36(41(39,40)34(5)6)28-18-23(3)16-17-24(28)4/h7-18,22,29H,19-21H2,1-6H3,(H,33,38)/t29-/m0/s1. The summed E-state index contributed by atoms with van der Waals surface area (Å²) in [5.74, 6) is -0.867. The van der Waals surface area contributed by atoms with E-state index in [9.17, 15) is 18.0 Å². The van der Waals surface area contributed by atoms with Crippen LogP contribution in [0.4, 0.5) is 5.69 Å². The third-order valence-electron chi connectivity index (χ3n) is 6.65. The van der Waals surface area contributed by atoms with E-state index in [4.69, 9.17) is 11.6 Å². The van der Waals surface area contributed by atoms with Crippen LogP contribution < -0.4 is 9.62 Å². The van der Waals surface area contributed by atoms with Crippen LogP contribution in [0.2, 0.25) is 5.02 Å². The molecule has 10 heteroatoms. The molecule has 0 aliphatic heterocycles. The molecule has 0 fully saturated rings. The van der Waals surface area contributed by atoms with Crippen molar-refractivity contribution in [3.63, 3.8) is 0 Å². The van der Waals surface area contributed by atoms with Crippen molar-refractivity contribution in [1.82, 2.24) is 14.5 Å². The molecule has 0 saturated carbocycles. The Morgan fingerprint density at radius 3 is 2.17 bits per heavy atom. The normalized spacial score (nSPS) is 12.3. The van der Waals surface area contributed by atoms with Crippen LogP contribution in [0.1, 0.15) is 36.1 Å². The highest BCUT2D eigenvalue weighted by molar-refractivity contribution is 7.90. The lowest BCUT2D eigenvalue weighted by Gasteiger charge is -2.35. The van der Waals surface area contributed by atoms with Crippen molar-refractivity contribution in [1.29, 1.82) is 0 Å². The summed E-state index contributed by atoms with van der Waals surface area (Å²) in [5.41, 5.74) is 3.45. The Kier molecular flexibility index (Phi) is 11.0. The Morgan fingerprint density at radius 1 is 0.927 bits per heavy atom. The van der Waals surface area contributed by atoms with Gasteiger partial charge in [-0.2, -0.15) is 12.7 Å². The number of hydrogen-bond donors (Lipinski definition) is 1. The van der Waals surface area contributed by atoms with E-state index in [-0.39, 0.29) is 24.9 Å². The largest absolute Gasteiger partial charge is 0.352 e. The Hall–Kier alpha value is -3.40. The molecule has 1 atom stereocenters. The lowest BCUT2D eigenvalue weighted by atomic mass is 10.0. The fourth-order valence-corrected chi connectivity index (χ4v) is 5.74. The maximum absolute atomic E-state index is 14.3. The van der Waals surface area contributed by atoms with Gasteiger partial charge in [0, 0.05) is 38.1 Å². The molecule has 0 radical (unpaired) electrons. The number of carbonyl (C=O) groups excluding carboxylic acids is 2. The zero-order chi connectivity index (χ0) is 30.3. The molecule has 0 aromatic heterocycles. The Morgan fingerprint density at radius 2 is 1.56 bits per heavy atom. The molecule has 0 unspecified atom stereocenters. The van der Waals surface area contributed by atoms with Gasteiger partial charge >= 0.3 is 10.2 Å². The molecular weight excluding hydrogens is 560 g/mol. The summed E-state index contributed by atoms with van der Waals surface area (Å²) in [6.45, 7) is 6.88.